The van der Waals surface area contributed by atoms with Crippen LogP contribution in [0.15, 0.2) is 77.2 Å². The molecule has 0 saturated heterocycles. The highest BCUT2D eigenvalue weighted by molar-refractivity contribution is 6.30. The fraction of sp³-hybridized carbons (Fsp3) is 0. The van der Waals surface area contributed by atoms with Gasteiger partial charge in [-0.25, -0.2) is 4.98 Å². The van der Waals surface area contributed by atoms with E-state index in [0.29, 0.717) is 33.3 Å². The second kappa shape index (κ2) is 6.42. The largest absolute Gasteiger partial charge is 0.436 e. The Kier molecular flexibility index (Phi) is 3.96. The lowest BCUT2D eigenvalue weighted by Gasteiger charge is -2.04. The molecule has 4 nitrogen and oxygen atoms in total. The van der Waals surface area contributed by atoms with Crippen molar-refractivity contribution in [1.29, 1.82) is 0 Å². The number of oxazole rings is 1. The van der Waals surface area contributed by atoms with Gasteiger partial charge in [0.2, 0.25) is 5.89 Å². The fourth-order valence-corrected chi connectivity index (χ4v) is 2.73. The Morgan fingerprint density at radius 2 is 1.80 bits per heavy atom. The van der Waals surface area contributed by atoms with Gasteiger partial charge < -0.3 is 9.73 Å². The van der Waals surface area contributed by atoms with Gasteiger partial charge in [-0.1, -0.05) is 35.9 Å². The average molecular weight is 349 g/mol. The molecule has 1 heterocycles. The van der Waals surface area contributed by atoms with Gasteiger partial charge in [0, 0.05) is 27.9 Å². The number of carbonyl (C=O) groups excluding carboxylic acids is 1. The lowest BCUT2D eigenvalue weighted by Crippen LogP contribution is -2.11. The summed E-state index contributed by atoms with van der Waals surface area (Å²) in [5.41, 5.74) is 3.36. The van der Waals surface area contributed by atoms with E-state index >= 15 is 0 Å². The molecule has 0 aliphatic carbocycles. The zero-order chi connectivity index (χ0) is 17.2. The molecule has 25 heavy (non-hydrogen) atoms. The molecule has 0 unspecified atom stereocenters. The van der Waals surface area contributed by atoms with E-state index in [1.54, 1.807) is 36.4 Å². The molecule has 0 aliphatic heterocycles. The van der Waals surface area contributed by atoms with Crippen molar-refractivity contribution < 1.29 is 9.21 Å². The number of rotatable bonds is 3. The van der Waals surface area contributed by atoms with Crippen LogP contribution in [-0.2, 0) is 0 Å². The number of nitrogens with one attached hydrogen (secondary N) is 1. The first-order valence-corrected chi connectivity index (χ1v) is 8.10. The number of carbonyl (C=O) groups is 1. The Bertz CT molecular complexity index is 1060. The number of hydrogen-bond acceptors (Lipinski definition) is 3. The lowest BCUT2D eigenvalue weighted by atomic mass is 10.2. The van der Waals surface area contributed by atoms with Crippen LogP contribution < -0.4 is 5.32 Å². The summed E-state index contributed by atoms with van der Waals surface area (Å²) in [5, 5.41) is 3.48. The lowest BCUT2D eigenvalue weighted by molar-refractivity contribution is 0.102. The number of nitrogens with zero attached hydrogens (tertiary/aromatic N) is 1. The highest BCUT2D eigenvalue weighted by atomic mass is 35.5. The Hall–Kier alpha value is -3.11. The summed E-state index contributed by atoms with van der Waals surface area (Å²) in [6, 6.07) is 21.7. The summed E-state index contributed by atoms with van der Waals surface area (Å²) in [6.07, 6.45) is 0. The van der Waals surface area contributed by atoms with Gasteiger partial charge in [0.1, 0.15) is 5.52 Å². The number of halogens is 1. The van der Waals surface area contributed by atoms with Crippen LogP contribution in [0.25, 0.3) is 22.6 Å². The van der Waals surface area contributed by atoms with Crippen LogP contribution >= 0.6 is 11.6 Å². The molecule has 1 aromatic heterocycles. The van der Waals surface area contributed by atoms with Gasteiger partial charge in [-0.05, 0) is 42.5 Å². The third kappa shape index (κ3) is 3.25. The van der Waals surface area contributed by atoms with E-state index in [0.717, 1.165) is 5.56 Å². The number of benzene rings is 3. The molecule has 1 N–H and O–H groups in total. The van der Waals surface area contributed by atoms with E-state index in [-0.39, 0.29) is 5.91 Å². The molecular weight excluding hydrogens is 336 g/mol. The number of hydrogen-bond donors (Lipinski definition) is 1. The molecule has 0 atom stereocenters. The predicted octanol–water partition coefficient (Wildman–Crippen LogP) is 5.40. The molecule has 0 saturated carbocycles. The van der Waals surface area contributed by atoms with E-state index in [9.17, 15) is 4.79 Å². The van der Waals surface area contributed by atoms with Gasteiger partial charge in [-0.15, -0.1) is 0 Å². The average Bonchev–Trinajstić information content (AvgIpc) is 3.06. The molecule has 0 aliphatic rings. The maximum Gasteiger partial charge on any atom is 0.255 e. The first-order chi connectivity index (χ1) is 12.2. The van der Waals surface area contributed by atoms with E-state index in [1.165, 1.54) is 0 Å². The molecule has 0 bridgehead atoms. The van der Waals surface area contributed by atoms with Gasteiger partial charge in [0.15, 0.2) is 5.58 Å². The quantitative estimate of drug-likeness (QED) is 0.539. The molecule has 0 fully saturated rings. The molecule has 1 amide bonds. The van der Waals surface area contributed by atoms with Gasteiger partial charge in [-0.2, -0.15) is 0 Å². The summed E-state index contributed by atoms with van der Waals surface area (Å²) in [4.78, 5) is 16.7. The van der Waals surface area contributed by atoms with E-state index in [2.05, 4.69) is 10.3 Å². The van der Waals surface area contributed by atoms with E-state index in [4.69, 9.17) is 16.0 Å². The van der Waals surface area contributed by atoms with Crippen LogP contribution in [-0.4, -0.2) is 10.9 Å². The van der Waals surface area contributed by atoms with Crippen molar-refractivity contribution in [3.8, 4) is 11.5 Å². The van der Waals surface area contributed by atoms with Crippen molar-refractivity contribution in [3.63, 3.8) is 0 Å². The van der Waals surface area contributed by atoms with Crippen molar-refractivity contribution in [2.45, 2.75) is 0 Å². The number of anilines is 1. The van der Waals surface area contributed by atoms with Gasteiger partial charge in [-0.3, -0.25) is 4.79 Å². The zero-order valence-electron chi connectivity index (χ0n) is 13.1. The minimum Gasteiger partial charge on any atom is -0.436 e. The fourth-order valence-electron chi connectivity index (χ4n) is 2.54. The zero-order valence-corrected chi connectivity index (χ0v) is 13.8. The topological polar surface area (TPSA) is 55.1 Å². The number of aromatic nitrogens is 1. The Morgan fingerprint density at radius 3 is 2.60 bits per heavy atom. The normalized spacial score (nSPS) is 10.8. The number of amides is 1. The van der Waals surface area contributed by atoms with Crippen LogP contribution in [0.2, 0.25) is 5.02 Å². The SMILES string of the molecule is O=C(Nc1ccc2nc(-c3cccc(Cl)c3)oc2c1)c1ccccc1. The van der Waals surface area contributed by atoms with Gasteiger partial charge >= 0.3 is 0 Å². The van der Waals surface area contributed by atoms with Crippen molar-refractivity contribution in [2.24, 2.45) is 0 Å². The van der Waals surface area contributed by atoms with Gasteiger partial charge in [0.25, 0.3) is 5.91 Å². The minimum atomic E-state index is -0.172. The molecule has 3 aromatic carbocycles. The molecular formula is C20H13ClN2O2. The molecule has 4 aromatic rings. The summed E-state index contributed by atoms with van der Waals surface area (Å²) in [6.45, 7) is 0. The molecule has 0 radical (unpaired) electrons. The highest BCUT2D eigenvalue weighted by Gasteiger charge is 2.11. The maximum absolute atomic E-state index is 12.2. The molecule has 0 spiro atoms. The highest BCUT2D eigenvalue weighted by Crippen LogP contribution is 2.27. The van der Waals surface area contributed by atoms with Crippen LogP contribution in [0.5, 0.6) is 0 Å². The van der Waals surface area contributed by atoms with E-state index in [1.807, 2.05) is 36.4 Å². The summed E-state index contributed by atoms with van der Waals surface area (Å²) in [7, 11) is 0. The van der Waals surface area contributed by atoms with Crippen molar-refractivity contribution >= 4 is 34.3 Å². The third-order valence-electron chi connectivity index (χ3n) is 3.75. The van der Waals surface area contributed by atoms with Crippen LogP contribution in [0.1, 0.15) is 10.4 Å². The Morgan fingerprint density at radius 1 is 0.960 bits per heavy atom. The number of fused-ring (bicyclic) bond motifs is 1. The molecule has 4 rings (SSSR count). The van der Waals surface area contributed by atoms with Crippen LogP contribution in [0.4, 0.5) is 5.69 Å². The third-order valence-corrected chi connectivity index (χ3v) is 3.99. The predicted molar refractivity (Wildman–Crippen MR) is 98.9 cm³/mol. The Balaban J connectivity index is 1.63. The van der Waals surface area contributed by atoms with Crippen LogP contribution in [0.3, 0.4) is 0 Å². The first-order valence-electron chi connectivity index (χ1n) is 7.72. The Labute approximate surface area is 149 Å². The van der Waals surface area contributed by atoms with Gasteiger partial charge in [0.05, 0.1) is 0 Å². The molecule has 5 heteroatoms. The molecule has 122 valence electrons. The van der Waals surface area contributed by atoms with E-state index < -0.39 is 0 Å². The second-order valence-electron chi connectivity index (χ2n) is 5.53. The summed E-state index contributed by atoms with van der Waals surface area (Å²) < 4.78 is 5.82. The maximum atomic E-state index is 12.2. The van der Waals surface area contributed by atoms with Crippen molar-refractivity contribution in [1.82, 2.24) is 4.98 Å². The van der Waals surface area contributed by atoms with Crippen molar-refractivity contribution in [3.05, 3.63) is 83.4 Å². The monoisotopic (exact) mass is 348 g/mol. The summed E-state index contributed by atoms with van der Waals surface area (Å²) in [5.74, 6) is 0.318. The first kappa shape index (κ1) is 15.4. The summed E-state index contributed by atoms with van der Waals surface area (Å²) >= 11 is 6.02. The minimum absolute atomic E-state index is 0.172. The standard InChI is InChI=1S/C20H13ClN2O2/c21-15-8-4-7-14(11-15)20-23-17-10-9-16(12-18(17)25-20)22-19(24)13-5-2-1-3-6-13/h1-12H,(H,22,24). The van der Waals surface area contributed by atoms with Crippen molar-refractivity contribution in [2.75, 3.05) is 5.32 Å². The smallest absolute Gasteiger partial charge is 0.255 e. The van der Waals surface area contributed by atoms with Crippen LogP contribution in [0, 0.1) is 0 Å². The second-order valence-corrected chi connectivity index (χ2v) is 5.97.